The van der Waals surface area contributed by atoms with Crippen LogP contribution in [0.2, 0.25) is 0 Å². The highest BCUT2D eigenvalue weighted by atomic mass is 19.1. The maximum Gasteiger partial charge on any atom is 0.321 e. The molecule has 0 bridgehead atoms. The summed E-state index contributed by atoms with van der Waals surface area (Å²) in [6.45, 7) is 0.457. The molecule has 0 spiro atoms. The third-order valence-corrected chi connectivity index (χ3v) is 4.68. The van der Waals surface area contributed by atoms with Gasteiger partial charge in [0.15, 0.2) is 11.6 Å². The second kappa shape index (κ2) is 8.72. The number of amides is 4. The van der Waals surface area contributed by atoms with Gasteiger partial charge in [0.25, 0.3) is 0 Å². The van der Waals surface area contributed by atoms with Crippen LogP contribution in [0.5, 0.6) is 5.75 Å². The molecule has 1 aliphatic heterocycles. The summed E-state index contributed by atoms with van der Waals surface area (Å²) in [5.74, 6) is -0.657. The normalized spacial score (nSPS) is 13.6. The van der Waals surface area contributed by atoms with Crippen LogP contribution in [0.4, 0.5) is 14.9 Å². The molecule has 4 amide bonds. The fraction of sp³-hybridized carbons (Fsp3) is 0.286. The van der Waals surface area contributed by atoms with E-state index >= 15 is 0 Å². The number of halogens is 1. The highest BCUT2D eigenvalue weighted by Gasteiger charge is 2.28. The van der Waals surface area contributed by atoms with Crippen molar-refractivity contribution in [3.05, 3.63) is 59.4 Å². The number of likely N-dealkylation sites (tertiary alicyclic amines) is 1. The fourth-order valence-electron chi connectivity index (χ4n) is 3.05. The van der Waals surface area contributed by atoms with Crippen molar-refractivity contribution in [3.8, 4) is 5.75 Å². The van der Waals surface area contributed by atoms with Crippen molar-refractivity contribution in [2.24, 2.45) is 0 Å². The standard InChI is InChI=1S/C21H22FN3O4/c1-24(12-15-5-8-18(29-2)17(22)11-15)21(28)23-16-6-3-14(4-7-16)13-25-19(26)9-10-20(25)27/h3-8,11H,9-10,12-13H2,1-2H3,(H,23,28). The van der Waals surface area contributed by atoms with Crippen molar-refractivity contribution in [2.45, 2.75) is 25.9 Å². The first-order chi connectivity index (χ1) is 13.9. The molecule has 7 nitrogen and oxygen atoms in total. The average molecular weight is 399 g/mol. The van der Waals surface area contributed by atoms with E-state index in [-0.39, 0.29) is 49.5 Å². The molecule has 1 aliphatic rings. The summed E-state index contributed by atoms with van der Waals surface area (Å²) in [7, 11) is 3.00. The molecule has 1 heterocycles. The van der Waals surface area contributed by atoms with E-state index in [1.54, 1.807) is 37.4 Å². The van der Waals surface area contributed by atoms with Crippen molar-refractivity contribution in [1.29, 1.82) is 0 Å². The van der Waals surface area contributed by atoms with Crippen LogP contribution in [-0.4, -0.2) is 41.8 Å². The Morgan fingerprint density at radius 2 is 1.72 bits per heavy atom. The Bertz CT molecular complexity index is 914. The first-order valence-electron chi connectivity index (χ1n) is 9.14. The van der Waals surface area contributed by atoms with E-state index in [0.29, 0.717) is 11.3 Å². The number of hydrogen-bond donors (Lipinski definition) is 1. The minimum atomic E-state index is -0.482. The minimum Gasteiger partial charge on any atom is -0.494 e. The van der Waals surface area contributed by atoms with Gasteiger partial charge in [-0.05, 0) is 35.4 Å². The van der Waals surface area contributed by atoms with E-state index in [0.717, 1.165) is 5.56 Å². The number of hydrogen-bond acceptors (Lipinski definition) is 4. The maximum atomic E-state index is 13.8. The molecule has 2 aromatic carbocycles. The highest BCUT2D eigenvalue weighted by Crippen LogP contribution is 2.20. The van der Waals surface area contributed by atoms with Crippen molar-refractivity contribution in [1.82, 2.24) is 9.80 Å². The van der Waals surface area contributed by atoms with Crippen LogP contribution in [0, 0.1) is 5.82 Å². The second-order valence-corrected chi connectivity index (χ2v) is 6.83. The van der Waals surface area contributed by atoms with Crippen LogP contribution in [0.3, 0.4) is 0 Å². The number of carbonyl (C=O) groups excluding carboxylic acids is 3. The summed E-state index contributed by atoms with van der Waals surface area (Å²) in [6.07, 6.45) is 0.523. The minimum absolute atomic E-state index is 0.151. The van der Waals surface area contributed by atoms with Crippen LogP contribution in [0.1, 0.15) is 24.0 Å². The monoisotopic (exact) mass is 399 g/mol. The Kier molecular flexibility index (Phi) is 6.11. The summed E-state index contributed by atoms with van der Waals surface area (Å²) in [5.41, 5.74) is 2.01. The van der Waals surface area contributed by atoms with E-state index in [1.165, 1.54) is 29.0 Å². The van der Waals surface area contributed by atoms with Crippen molar-refractivity contribution in [2.75, 3.05) is 19.5 Å². The van der Waals surface area contributed by atoms with Gasteiger partial charge in [0.1, 0.15) is 0 Å². The zero-order chi connectivity index (χ0) is 21.0. The molecule has 0 atom stereocenters. The molecule has 0 radical (unpaired) electrons. The van der Waals surface area contributed by atoms with Gasteiger partial charge >= 0.3 is 6.03 Å². The number of urea groups is 1. The van der Waals surface area contributed by atoms with Gasteiger partial charge in [-0.25, -0.2) is 9.18 Å². The number of carbonyl (C=O) groups is 3. The molecule has 29 heavy (non-hydrogen) atoms. The van der Waals surface area contributed by atoms with Crippen LogP contribution in [0.15, 0.2) is 42.5 Å². The lowest BCUT2D eigenvalue weighted by atomic mass is 10.2. The third kappa shape index (κ3) is 4.90. The van der Waals surface area contributed by atoms with E-state index in [9.17, 15) is 18.8 Å². The highest BCUT2D eigenvalue weighted by molar-refractivity contribution is 6.01. The molecule has 0 unspecified atom stereocenters. The van der Waals surface area contributed by atoms with E-state index in [4.69, 9.17) is 4.74 Å². The van der Waals surface area contributed by atoms with Gasteiger partial charge in [-0.15, -0.1) is 0 Å². The predicted octanol–water partition coefficient (Wildman–Crippen LogP) is 3.15. The van der Waals surface area contributed by atoms with Crippen LogP contribution in [0.25, 0.3) is 0 Å². The largest absolute Gasteiger partial charge is 0.494 e. The molecule has 3 rings (SSSR count). The Labute approximate surface area is 168 Å². The molecule has 1 saturated heterocycles. The van der Waals surface area contributed by atoms with Crippen LogP contribution in [-0.2, 0) is 22.7 Å². The Morgan fingerprint density at radius 1 is 1.10 bits per heavy atom. The number of benzene rings is 2. The van der Waals surface area contributed by atoms with Gasteiger partial charge in [-0.3, -0.25) is 14.5 Å². The number of rotatable bonds is 6. The number of anilines is 1. The number of nitrogens with one attached hydrogen (secondary N) is 1. The number of ether oxygens (including phenoxy) is 1. The Morgan fingerprint density at radius 3 is 2.31 bits per heavy atom. The predicted molar refractivity (Wildman–Crippen MR) is 105 cm³/mol. The molecular formula is C21H22FN3O4. The number of methoxy groups -OCH3 is 1. The van der Waals surface area contributed by atoms with Gasteiger partial charge in [-0.1, -0.05) is 18.2 Å². The smallest absolute Gasteiger partial charge is 0.321 e. The van der Waals surface area contributed by atoms with Crippen molar-refractivity contribution in [3.63, 3.8) is 0 Å². The summed E-state index contributed by atoms with van der Waals surface area (Å²) < 4.78 is 18.7. The van der Waals surface area contributed by atoms with Crippen LogP contribution >= 0.6 is 0 Å². The molecule has 152 valence electrons. The number of nitrogens with zero attached hydrogens (tertiary/aromatic N) is 2. The SMILES string of the molecule is COc1ccc(CN(C)C(=O)Nc2ccc(CN3C(=O)CCC3=O)cc2)cc1F. The van der Waals surface area contributed by atoms with Crippen LogP contribution < -0.4 is 10.1 Å². The second-order valence-electron chi connectivity index (χ2n) is 6.83. The zero-order valence-corrected chi connectivity index (χ0v) is 16.3. The van der Waals surface area contributed by atoms with Gasteiger partial charge in [0, 0.05) is 32.1 Å². The number of imide groups is 1. The topological polar surface area (TPSA) is 79.0 Å². The molecule has 0 saturated carbocycles. The van der Waals surface area contributed by atoms with Gasteiger partial charge in [0.05, 0.1) is 13.7 Å². The first kappa shape index (κ1) is 20.3. The zero-order valence-electron chi connectivity index (χ0n) is 16.3. The summed E-state index contributed by atoms with van der Waals surface area (Å²) in [5, 5.41) is 2.76. The molecule has 1 fully saturated rings. The first-order valence-corrected chi connectivity index (χ1v) is 9.14. The van der Waals surface area contributed by atoms with Crippen molar-refractivity contribution >= 4 is 23.5 Å². The maximum absolute atomic E-state index is 13.8. The average Bonchev–Trinajstić information content (AvgIpc) is 3.01. The lowest BCUT2D eigenvalue weighted by molar-refractivity contribution is -0.139. The molecule has 0 aromatic heterocycles. The van der Waals surface area contributed by atoms with Gasteiger partial charge < -0.3 is 15.0 Å². The quantitative estimate of drug-likeness (QED) is 0.757. The molecule has 8 heteroatoms. The summed E-state index contributed by atoms with van der Waals surface area (Å²) >= 11 is 0. The Balaban J connectivity index is 1.56. The fourth-order valence-corrected chi connectivity index (χ4v) is 3.05. The Hall–Kier alpha value is -3.42. The van der Waals surface area contributed by atoms with E-state index in [2.05, 4.69) is 5.32 Å². The summed E-state index contributed by atoms with van der Waals surface area (Å²) in [6, 6.07) is 11.1. The third-order valence-electron chi connectivity index (χ3n) is 4.68. The van der Waals surface area contributed by atoms with E-state index < -0.39 is 5.82 Å². The summed E-state index contributed by atoms with van der Waals surface area (Å²) in [4.78, 5) is 38.4. The van der Waals surface area contributed by atoms with Gasteiger partial charge in [0.2, 0.25) is 11.8 Å². The lowest BCUT2D eigenvalue weighted by Crippen LogP contribution is -2.31. The van der Waals surface area contributed by atoms with E-state index in [1.807, 2.05) is 0 Å². The molecular weight excluding hydrogens is 377 g/mol. The van der Waals surface area contributed by atoms with Gasteiger partial charge in [-0.2, -0.15) is 0 Å². The van der Waals surface area contributed by atoms with Crippen molar-refractivity contribution < 1.29 is 23.5 Å². The lowest BCUT2D eigenvalue weighted by Gasteiger charge is -2.19. The molecule has 2 aromatic rings. The molecule has 0 aliphatic carbocycles. The molecule has 1 N–H and O–H groups in total.